The number of anilines is 2. The van der Waals surface area contributed by atoms with E-state index in [2.05, 4.69) is 39.8 Å². The molecule has 8 heteroatoms. The molecule has 0 radical (unpaired) electrons. The van der Waals surface area contributed by atoms with Crippen LogP contribution in [-0.4, -0.2) is 33.7 Å². The summed E-state index contributed by atoms with van der Waals surface area (Å²) in [7, 11) is 0. The Kier molecular flexibility index (Phi) is 5.22. The van der Waals surface area contributed by atoms with Crippen LogP contribution in [0.25, 0.3) is 11.0 Å². The Bertz CT molecular complexity index is 1130. The number of aromatic amines is 1. The van der Waals surface area contributed by atoms with Gasteiger partial charge in [-0.25, -0.2) is 4.98 Å². The normalized spacial score (nSPS) is 16.0. The van der Waals surface area contributed by atoms with Gasteiger partial charge in [0.15, 0.2) is 0 Å². The molecule has 154 valence electrons. The highest BCUT2D eigenvalue weighted by Crippen LogP contribution is 2.21. The predicted octanol–water partition coefficient (Wildman–Crippen LogP) is 2.84. The molecule has 0 fully saturated rings. The van der Waals surface area contributed by atoms with Crippen molar-refractivity contribution in [3.63, 3.8) is 0 Å². The Labute approximate surface area is 173 Å². The standard InChI is InChI=1S/C22H23N5O3/c1-12(2)9-19-24-16-8-7-13(10-17(16)25-19)23-20(28)11-18-22(30)26-15-6-4-3-5-14(15)21(29)27-18/h3-8,10,12,18H,9,11H2,1-2H3,(H,23,28)(H,24,25)(H,26,30)(H,27,29)/t18-/m0/s1. The first-order valence-electron chi connectivity index (χ1n) is 9.88. The highest BCUT2D eigenvalue weighted by molar-refractivity contribution is 6.11. The number of H-pyrrole nitrogens is 1. The van der Waals surface area contributed by atoms with Gasteiger partial charge in [0.05, 0.1) is 28.7 Å². The van der Waals surface area contributed by atoms with Crippen LogP contribution in [0.4, 0.5) is 11.4 Å². The molecule has 1 atom stereocenters. The minimum Gasteiger partial charge on any atom is -0.342 e. The molecule has 1 aliphatic heterocycles. The lowest BCUT2D eigenvalue weighted by Gasteiger charge is -2.14. The number of rotatable bonds is 5. The molecule has 0 spiro atoms. The van der Waals surface area contributed by atoms with Gasteiger partial charge >= 0.3 is 0 Å². The van der Waals surface area contributed by atoms with Gasteiger partial charge in [0, 0.05) is 12.1 Å². The van der Waals surface area contributed by atoms with Crippen LogP contribution in [0, 0.1) is 5.92 Å². The first kappa shape index (κ1) is 19.6. The molecule has 8 nitrogen and oxygen atoms in total. The van der Waals surface area contributed by atoms with Crippen LogP contribution in [0.2, 0.25) is 0 Å². The molecule has 0 saturated heterocycles. The fraction of sp³-hybridized carbons (Fsp3) is 0.273. The summed E-state index contributed by atoms with van der Waals surface area (Å²) in [4.78, 5) is 45.2. The van der Waals surface area contributed by atoms with Gasteiger partial charge in [0.25, 0.3) is 5.91 Å². The molecule has 1 aliphatic rings. The fourth-order valence-electron chi connectivity index (χ4n) is 3.48. The number of benzene rings is 2. The summed E-state index contributed by atoms with van der Waals surface area (Å²) in [5.74, 6) is 0.199. The van der Waals surface area contributed by atoms with Crippen molar-refractivity contribution in [1.82, 2.24) is 15.3 Å². The summed E-state index contributed by atoms with van der Waals surface area (Å²) in [6.07, 6.45) is 0.667. The van der Waals surface area contributed by atoms with Crippen LogP contribution in [0.5, 0.6) is 0 Å². The molecule has 2 aromatic carbocycles. The molecule has 30 heavy (non-hydrogen) atoms. The minimum atomic E-state index is -0.960. The van der Waals surface area contributed by atoms with E-state index in [0.29, 0.717) is 22.9 Å². The second kappa shape index (κ2) is 7.98. The first-order chi connectivity index (χ1) is 14.4. The van der Waals surface area contributed by atoms with Crippen molar-refractivity contribution >= 4 is 40.1 Å². The number of nitrogens with one attached hydrogen (secondary N) is 4. The second-order valence-corrected chi connectivity index (χ2v) is 7.83. The Hall–Kier alpha value is -3.68. The van der Waals surface area contributed by atoms with E-state index in [1.54, 1.807) is 30.3 Å². The number of carbonyl (C=O) groups is 3. The average Bonchev–Trinajstić information content (AvgIpc) is 3.03. The van der Waals surface area contributed by atoms with Gasteiger partial charge in [-0.1, -0.05) is 26.0 Å². The van der Waals surface area contributed by atoms with Crippen LogP contribution in [0.15, 0.2) is 42.5 Å². The lowest BCUT2D eigenvalue weighted by atomic mass is 10.1. The van der Waals surface area contributed by atoms with Gasteiger partial charge < -0.3 is 20.9 Å². The maximum atomic E-state index is 12.5. The Balaban J connectivity index is 1.44. The van der Waals surface area contributed by atoms with Gasteiger partial charge in [0.1, 0.15) is 11.9 Å². The van der Waals surface area contributed by atoms with E-state index in [1.807, 2.05) is 12.1 Å². The van der Waals surface area contributed by atoms with Crippen molar-refractivity contribution in [3.8, 4) is 0 Å². The van der Waals surface area contributed by atoms with Crippen molar-refractivity contribution < 1.29 is 14.4 Å². The van der Waals surface area contributed by atoms with E-state index in [1.165, 1.54) is 0 Å². The van der Waals surface area contributed by atoms with Gasteiger partial charge in [-0.05, 0) is 36.2 Å². The molecule has 4 N–H and O–H groups in total. The Morgan fingerprint density at radius 1 is 1.17 bits per heavy atom. The zero-order chi connectivity index (χ0) is 21.3. The van der Waals surface area contributed by atoms with E-state index >= 15 is 0 Å². The molecule has 3 amide bonds. The zero-order valence-corrected chi connectivity index (χ0v) is 16.8. The highest BCUT2D eigenvalue weighted by atomic mass is 16.2. The van der Waals surface area contributed by atoms with Crippen molar-refractivity contribution in [2.24, 2.45) is 5.92 Å². The average molecular weight is 405 g/mol. The molecule has 2 heterocycles. The van der Waals surface area contributed by atoms with Gasteiger partial charge in [-0.3, -0.25) is 14.4 Å². The number of aromatic nitrogens is 2. The van der Waals surface area contributed by atoms with E-state index in [0.717, 1.165) is 23.3 Å². The molecule has 3 aromatic rings. The lowest BCUT2D eigenvalue weighted by Crippen LogP contribution is -2.43. The predicted molar refractivity (Wildman–Crippen MR) is 114 cm³/mol. The van der Waals surface area contributed by atoms with Crippen LogP contribution in [-0.2, 0) is 16.0 Å². The number of para-hydroxylation sites is 1. The largest absolute Gasteiger partial charge is 0.342 e. The van der Waals surface area contributed by atoms with Crippen molar-refractivity contribution in [2.45, 2.75) is 32.7 Å². The second-order valence-electron chi connectivity index (χ2n) is 7.83. The van der Waals surface area contributed by atoms with E-state index in [9.17, 15) is 14.4 Å². The fourth-order valence-corrected chi connectivity index (χ4v) is 3.48. The van der Waals surface area contributed by atoms with Gasteiger partial charge in [0.2, 0.25) is 11.8 Å². The molecule has 4 rings (SSSR count). The quantitative estimate of drug-likeness (QED) is 0.522. The van der Waals surface area contributed by atoms with Crippen molar-refractivity contribution in [3.05, 3.63) is 53.9 Å². The number of carbonyl (C=O) groups excluding carboxylic acids is 3. The maximum Gasteiger partial charge on any atom is 0.254 e. The van der Waals surface area contributed by atoms with Gasteiger partial charge in [-0.15, -0.1) is 0 Å². The zero-order valence-electron chi connectivity index (χ0n) is 16.8. The molecule has 0 unspecified atom stereocenters. The van der Waals surface area contributed by atoms with E-state index in [-0.39, 0.29) is 12.3 Å². The van der Waals surface area contributed by atoms with Crippen LogP contribution in [0.3, 0.4) is 0 Å². The van der Waals surface area contributed by atoms with Crippen molar-refractivity contribution in [1.29, 1.82) is 0 Å². The summed E-state index contributed by atoms with van der Waals surface area (Å²) in [5, 5.41) is 8.11. The Morgan fingerprint density at radius 2 is 1.97 bits per heavy atom. The summed E-state index contributed by atoms with van der Waals surface area (Å²) >= 11 is 0. The maximum absolute atomic E-state index is 12.5. The van der Waals surface area contributed by atoms with Crippen molar-refractivity contribution in [2.75, 3.05) is 10.6 Å². The molecular formula is C22H23N5O3. The number of fused-ring (bicyclic) bond motifs is 2. The third kappa shape index (κ3) is 4.17. The number of amides is 3. The van der Waals surface area contributed by atoms with E-state index < -0.39 is 17.9 Å². The summed E-state index contributed by atoms with van der Waals surface area (Å²) in [6, 6.07) is 11.2. The molecule has 1 aromatic heterocycles. The smallest absolute Gasteiger partial charge is 0.254 e. The van der Waals surface area contributed by atoms with Crippen LogP contribution >= 0.6 is 0 Å². The third-order valence-electron chi connectivity index (χ3n) is 4.86. The number of imidazole rings is 1. The van der Waals surface area contributed by atoms with Crippen LogP contribution in [0.1, 0.15) is 36.5 Å². The topological polar surface area (TPSA) is 116 Å². The summed E-state index contributed by atoms with van der Waals surface area (Å²) < 4.78 is 0. The number of hydrogen-bond acceptors (Lipinski definition) is 4. The monoisotopic (exact) mass is 405 g/mol. The van der Waals surface area contributed by atoms with E-state index in [4.69, 9.17) is 0 Å². The highest BCUT2D eigenvalue weighted by Gasteiger charge is 2.29. The number of nitrogens with zero attached hydrogens (tertiary/aromatic N) is 1. The minimum absolute atomic E-state index is 0.175. The SMILES string of the molecule is CC(C)Cc1nc2ccc(NC(=O)C[C@@H]3NC(=O)c4ccccc4NC3=O)cc2[nH]1. The molecule has 0 saturated carbocycles. The molecular weight excluding hydrogens is 382 g/mol. The summed E-state index contributed by atoms with van der Waals surface area (Å²) in [5.41, 5.74) is 3.06. The Morgan fingerprint density at radius 3 is 2.77 bits per heavy atom. The molecule has 0 bridgehead atoms. The lowest BCUT2D eigenvalue weighted by molar-refractivity contribution is -0.122. The number of hydrogen-bond donors (Lipinski definition) is 4. The first-order valence-corrected chi connectivity index (χ1v) is 9.88. The third-order valence-corrected chi connectivity index (χ3v) is 4.86. The summed E-state index contributed by atoms with van der Waals surface area (Å²) in [6.45, 7) is 4.25. The van der Waals surface area contributed by atoms with Crippen LogP contribution < -0.4 is 16.0 Å². The molecule has 0 aliphatic carbocycles. The van der Waals surface area contributed by atoms with Gasteiger partial charge in [-0.2, -0.15) is 0 Å².